The van der Waals surface area contributed by atoms with Crippen LogP contribution in [0.1, 0.15) is 56.3 Å². The van der Waals surface area contributed by atoms with Gasteiger partial charge in [-0.15, -0.1) is 0 Å². The summed E-state index contributed by atoms with van der Waals surface area (Å²) in [6.45, 7) is 3.67. The maximum Gasteiger partial charge on any atom is 0.552 e. The molecule has 1 atom stereocenters. The van der Waals surface area contributed by atoms with E-state index in [1.807, 2.05) is 13.8 Å². The summed E-state index contributed by atoms with van der Waals surface area (Å²) in [6, 6.07) is 4.41. The van der Waals surface area contributed by atoms with Crippen molar-refractivity contribution in [3.05, 3.63) is 33.8 Å². The first-order valence-electron chi connectivity index (χ1n) is 10.4. The van der Waals surface area contributed by atoms with Crippen molar-refractivity contribution in [2.75, 3.05) is 0 Å². The molecule has 1 amide bonds. The van der Waals surface area contributed by atoms with Gasteiger partial charge in [-0.2, -0.15) is 0 Å². The number of amides is 1. The molecule has 0 bridgehead atoms. The molecule has 0 unspecified atom stereocenters. The Bertz CT molecular complexity index is 969. The molecule has 10 nitrogen and oxygen atoms in total. The van der Waals surface area contributed by atoms with Crippen LogP contribution in [-0.2, 0) is 28.5 Å². The average Bonchev–Trinajstić information content (AvgIpc) is 3.01. The average molecular weight is 516 g/mol. The molecule has 0 saturated carbocycles. The van der Waals surface area contributed by atoms with Crippen molar-refractivity contribution in [2.45, 2.75) is 57.5 Å². The Balaban J connectivity index is 2.10. The van der Waals surface area contributed by atoms with Gasteiger partial charge in [-0.3, -0.25) is 24.0 Å². The summed E-state index contributed by atoms with van der Waals surface area (Å²) >= 11 is 11.9. The highest BCUT2D eigenvalue weighted by Gasteiger charge is 2.57. The summed E-state index contributed by atoms with van der Waals surface area (Å²) in [5.41, 5.74) is -2.03. The van der Waals surface area contributed by atoms with Crippen molar-refractivity contribution in [3.8, 4) is 0 Å². The smallest absolute Gasteiger partial charge is 0.506 e. The van der Waals surface area contributed by atoms with Crippen molar-refractivity contribution in [1.82, 2.24) is 5.32 Å². The molecule has 0 aliphatic carbocycles. The Labute approximate surface area is 206 Å². The summed E-state index contributed by atoms with van der Waals surface area (Å²) < 4.78 is 10.7. The van der Waals surface area contributed by atoms with Crippen LogP contribution in [-0.4, -0.2) is 58.5 Å². The van der Waals surface area contributed by atoms with Gasteiger partial charge < -0.3 is 24.8 Å². The van der Waals surface area contributed by atoms with Gasteiger partial charge in [0.15, 0.2) is 11.4 Å². The van der Waals surface area contributed by atoms with Gasteiger partial charge in [-0.1, -0.05) is 37.0 Å². The Kier molecular flexibility index (Phi) is 9.49. The highest BCUT2D eigenvalue weighted by Crippen LogP contribution is 2.32. The van der Waals surface area contributed by atoms with Gasteiger partial charge in [0.25, 0.3) is 0 Å². The number of aliphatic carboxylic acids is 2. The molecule has 0 spiro atoms. The molecule has 0 radical (unpaired) electrons. The van der Waals surface area contributed by atoms with E-state index in [0.29, 0.717) is 5.02 Å². The van der Waals surface area contributed by atoms with Crippen LogP contribution < -0.4 is 5.32 Å². The van der Waals surface area contributed by atoms with E-state index in [0.717, 1.165) is 0 Å². The zero-order valence-electron chi connectivity index (χ0n) is 18.5. The summed E-state index contributed by atoms with van der Waals surface area (Å²) in [5, 5.41) is 21.4. The second-order valence-electron chi connectivity index (χ2n) is 8.38. The lowest BCUT2D eigenvalue weighted by Gasteiger charge is -2.24. The van der Waals surface area contributed by atoms with Crippen molar-refractivity contribution in [1.29, 1.82) is 0 Å². The number of nitrogens with one attached hydrogen (secondary N) is 1. The first kappa shape index (κ1) is 27.6. The predicted molar refractivity (Wildman–Crippen MR) is 122 cm³/mol. The predicted octanol–water partition coefficient (Wildman–Crippen LogP) is 2.78. The minimum Gasteiger partial charge on any atom is -0.506 e. The van der Waals surface area contributed by atoms with Gasteiger partial charge in [-0.05, 0) is 30.5 Å². The number of ketones is 1. The van der Waals surface area contributed by atoms with Crippen molar-refractivity contribution in [2.24, 2.45) is 5.92 Å². The molecular weight excluding hydrogens is 492 g/mol. The molecule has 1 saturated heterocycles. The molecule has 1 aromatic carbocycles. The largest absolute Gasteiger partial charge is 0.552 e. The summed E-state index contributed by atoms with van der Waals surface area (Å²) in [5.74, 6) is -5.86. The van der Waals surface area contributed by atoms with Crippen LogP contribution in [0.4, 0.5) is 0 Å². The molecule has 1 aliphatic heterocycles. The number of Topliss-reactive ketones (excluding diaryl/α,β-unsaturated/α-hetero) is 1. The van der Waals surface area contributed by atoms with E-state index in [1.165, 1.54) is 18.2 Å². The lowest BCUT2D eigenvalue weighted by Crippen LogP contribution is -2.49. The molecule has 184 valence electrons. The number of halogens is 2. The first-order valence-corrected chi connectivity index (χ1v) is 11.2. The maximum atomic E-state index is 12.6. The fourth-order valence-electron chi connectivity index (χ4n) is 3.55. The second-order valence-corrected chi connectivity index (χ2v) is 9.22. The number of carboxylic acid groups (broad SMARTS) is 2. The third kappa shape index (κ3) is 7.44. The van der Waals surface area contributed by atoms with Crippen LogP contribution in [0.3, 0.4) is 0 Å². The van der Waals surface area contributed by atoms with Crippen LogP contribution in [0, 0.1) is 5.92 Å². The van der Waals surface area contributed by atoms with Crippen LogP contribution in [0.2, 0.25) is 10.0 Å². The van der Waals surface area contributed by atoms with Gasteiger partial charge in [0.1, 0.15) is 0 Å². The normalized spacial score (nSPS) is 15.7. The van der Waals surface area contributed by atoms with E-state index < -0.39 is 61.1 Å². The van der Waals surface area contributed by atoms with Gasteiger partial charge in [0.05, 0.1) is 23.8 Å². The topological polar surface area (TPSA) is 156 Å². The number of carbonyl (C=O) groups is 5. The fraction of sp³-hybridized carbons (Fsp3) is 0.476. The second kappa shape index (κ2) is 11.7. The summed E-state index contributed by atoms with van der Waals surface area (Å²) in [4.78, 5) is 59.9. The van der Waals surface area contributed by atoms with Gasteiger partial charge in [0, 0.05) is 23.4 Å². The van der Waals surface area contributed by atoms with E-state index in [9.17, 15) is 24.0 Å². The van der Waals surface area contributed by atoms with Gasteiger partial charge in [0.2, 0.25) is 5.91 Å². The summed E-state index contributed by atoms with van der Waals surface area (Å²) in [6.07, 6.45) is -1.94. The molecule has 1 fully saturated rings. The van der Waals surface area contributed by atoms with E-state index in [2.05, 4.69) is 5.32 Å². The Morgan fingerprint density at radius 2 is 1.71 bits per heavy atom. The minimum atomic E-state index is -2.21. The number of carbonyl (C=O) groups excluding carboxylic acids is 3. The third-order valence-electron chi connectivity index (χ3n) is 5.02. The minimum absolute atomic E-state index is 0.00607. The molecular formula is C21H24BCl2NO9. The SMILES string of the molecule is CC(C)C[C@H](NC(=O)CCC(=O)c1cc(Cl)ccc1Cl)B1OC(=O)C(CC(=O)O)(CC(=O)O)O1. The standard InChI is InChI=1S/C21H24BCl2NO9/c1-11(2)7-16(22-33-20(32)21(34-22,9-18(28)29)10-19(30)31)25-17(27)6-5-15(26)13-8-12(23)3-4-14(13)24/h3-4,8,11,16H,5-7,9-10H2,1-2H3,(H,25,27)(H,28,29)(H,30,31)/t16-/m0/s1. The highest BCUT2D eigenvalue weighted by molar-refractivity contribution is 6.51. The molecule has 1 aromatic rings. The van der Waals surface area contributed by atoms with E-state index in [4.69, 9.17) is 42.7 Å². The van der Waals surface area contributed by atoms with Crippen LogP contribution in [0.25, 0.3) is 0 Å². The molecule has 2 rings (SSSR count). The van der Waals surface area contributed by atoms with Gasteiger partial charge >= 0.3 is 25.0 Å². The maximum absolute atomic E-state index is 12.6. The number of carboxylic acids is 2. The quantitative estimate of drug-likeness (QED) is 0.281. The molecule has 0 aromatic heterocycles. The Morgan fingerprint density at radius 1 is 1.09 bits per heavy atom. The Morgan fingerprint density at radius 3 is 2.26 bits per heavy atom. The number of benzene rings is 1. The third-order valence-corrected chi connectivity index (χ3v) is 5.58. The van der Waals surface area contributed by atoms with Crippen LogP contribution >= 0.6 is 23.2 Å². The Hall–Kier alpha value is -2.63. The summed E-state index contributed by atoms with van der Waals surface area (Å²) in [7, 11) is -1.39. The molecule has 34 heavy (non-hydrogen) atoms. The zero-order chi connectivity index (χ0) is 25.6. The lowest BCUT2D eigenvalue weighted by atomic mass is 9.73. The number of rotatable bonds is 12. The van der Waals surface area contributed by atoms with Crippen molar-refractivity contribution < 1.29 is 43.5 Å². The molecule has 1 aliphatic rings. The monoisotopic (exact) mass is 515 g/mol. The fourth-order valence-corrected chi connectivity index (χ4v) is 3.94. The van der Waals surface area contributed by atoms with Gasteiger partial charge in [-0.25, -0.2) is 0 Å². The number of hydrogen-bond acceptors (Lipinski definition) is 7. The molecule has 3 N–H and O–H groups in total. The molecule has 1 heterocycles. The number of hydrogen-bond donors (Lipinski definition) is 3. The lowest BCUT2D eigenvalue weighted by molar-refractivity contribution is -0.157. The molecule has 13 heteroatoms. The van der Waals surface area contributed by atoms with E-state index in [-0.39, 0.29) is 35.8 Å². The van der Waals surface area contributed by atoms with Crippen molar-refractivity contribution >= 4 is 59.9 Å². The van der Waals surface area contributed by atoms with Crippen LogP contribution in [0.5, 0.6) is 0 Å². The van der Waals surface area contributed by atoms with Crippen molar-refractivity contribution in [3.63, 3.8) is 0 Å². The van der Waals surface area contributed by atoms with E-state index >= 15 is 0 Å². The first-order chi connectivity index (χ1) is 15.8. The highest BCUT2D eigenvalue weighted by atomic mass is 35.5. The van der Waals surface area contributed by atoms with E-state index in [1.54, 1.807) is 0 Å². The van der Waals surface area contributed by atoms with Crippen LogP contribution in [0.15, 0.2) is 18.2 Å². The zero-order valence-corrected chi connectivity index (χ0v) is 20.0.